The highest BCUT2D eigenvalue weighted by Gasteiger charge is 2.22. The Bertz CT molecular complexity index is 1220. The molecule has 160 valence electrons. The number of furan rings is 1. The van der Waals surface area contributed by atoms with E-state index < -0.39 is 0 Å². The van der Waals surface area contributed by atoms with Crippen LogP contribution in [0.1, 0.15) is 35.1 Å². The van der Waals surface area contributed by atoms with E-state index >= 15 is 0 Å². The van der Waals surface area contributed by atoms with Crippen LogP contribution in [-0.2, 0) is 10.5 Å². The minimum absolute atomic E-state index is 0.0689. The highest BCUT2D eigenvalue weighted by atomic mass is 32.2. The van der Waals surface area contributed by atoms with Crippen LogP contribution in [0.2, 0.25) is 0 Å². The van der Waals surface area contributed by atoms with Crippen molar-refractivity contribution in [3.63, 3.8) is 0 Å². The molecule has 0 unspecified atom stereocenters. The van der Waals surface area contributed by atoms with Crippen molar-refractivity contribution in [2.75, 3.05) is 4.90 Å². The summed E-state index contributed by atoms with van der Waals surface area (Å²) in [7, 11) is 0. The predicted octanol–water partition coefficient (Wildman–Crippen LogP) is 6.00. The van der Waals surface area contributed by atoms with Gasteiger partial charge in [0, 0.05) is 18.1 Å². The van der Waals surface area contributed by atoms with Gasteiger partial charge in [-0.2, -0.15) is 0 Å². The minimum Gasteiger partial charge on any atom is -0.469 e. The second-order valence-electron chi connectivity index (χ2n) is 7.28. The number of rotatable bonds is 6. The van der Waals surface area contributed by atoms with Crippen molar-refractivity contribution in [1.82, 2.24) is 15.2 Å². The lowest BCUT2D eigenvalue weighted by atomic mass is 10.0. The average Bonchev–Trinajstić information content (AvgIpc) is 3.43. The lowest BCUT2D eigenvalue weighted by Gasteiger charge is -2.23. The molecule has 0 N–H and O–H groups in total. The van der Waals surface area contributed by atoms with Crippen LogP contribution in [-0.4, -0.2) is 21.1 Å². The molecule has 3 heterocycles. The van der Waals surface area contributed by atoms with Crippen LogP contribution in [0.15, 0.2) is 43.9 Å². The third-order valence-corrected chi connectivity index (χ3v) is 6.47. The molecule has 0 saturated carbocycles. The van der Waals surface area contributed by atoms with Gasteiger partial charge in [-0.15, -0.1) is 21.5 Å². The highest BCUT2D eigenvalue weighted by molar-refractivity contribution is 7.98. The number of carbonyl (C=O) groups is 1. The first-order valence-electron chi connectivity index (χ1n) is 9.67. The Kier molecular flexibility index (Phi) is 5.97. The summed E-state index contributed by atoms with van der Waals surface area (Å²) in [5.41, 5.74) is 5.79. The van der Waals surface area contributed by atoms with Crippen LogP contribution in [0.4, 0.5) is 10.8 Å². The van der Waals surface area contributed by atoms with Gasteiger partial charge in [0.2, 0.25) is 5.91 Å². The number of carbonyl (C=O) groups excluding carboxylic acids is 1. The lowest BCUT2D eigenvalue weighted by molar-refractivity contribution is -0.115. The van der Waals surface area contributed by atoms with Gasteiger partial charge in [0.15, 0.2) is 5.13 Å². The first-order valence-corrected chi connectivity index (χ1v) is 11.5. The van der Waals surface area contributed by atoms with Gasteiger partial charge in [0.1, 0.15) is 5.76 Å². The molecule has 31 heavy (non-hydrogen) atoms. The van der Waals surface area contributed by atoms with Gasteiger partial charge in [-0.25, -0.2) is 4.98 Å². The van der Waals surface area contributed by atoms with Gasteiger partial charge in [-0.1, -0.05) is 29.5 Å². The third kappa shape index (κ3) is 4.42. The highest BCUT2D eigenvalue weighted by Crippen LogP contribution is 2.35. The van der Waals surface area contributed by atoms with Crippen molar-refractivity contribution >= 4 is 39.8 Å². The van der Waals surface area contributed by atoms with Crippen molar-refractivity contribution < 1.29 is 13.6 Å². The second-order valence-corrected chi connectivity index (χ2v) is 9.04. The van der Waals surface area contributed by atoms with Crippen LogP contribution in [0.5, 0.6) is 0 Å². The molecule has 0 atom stereocenters. The van der Waals surface area contributed by atoms with E-state index in [0.29, 0.717) is 22.0 Å². The van der Waals surface area contributed by atoms with E-state index in [1.54, 1.807) is 24.2 Å². The molecule has 1 aromatic carbocycles. The second kappa shape index (κ2) is 8.68. The number of aromatic nitrogens is 3. The zero-order valence-electron chi connectivity index (χ0n) is 17.9. The molecule has 7 nitrogen and oxygen atoms in total. The fourth-order valence-corrected chi connectivity index (χ4v) is 5.13. The SMILES string of the molecule is CC(=O)N(c1nc(CSc2nnc(-c3ccoc3C)o2)cs1)c1c(C)cc(C)cc1C. The summed E-state index contributed by atoms with van der Waals surface area (Å²) in [4.78, 5) is 18.9. The third-order valence-electron chi connectivity index (χ3n) is 4.74. The molecule has 0 spiro atoms. The van der Waals surface area contributed by atoms with Gasteiger partial charge in [-0.05, 0) is 44.9 Å². The molecule has 0 aliphatic rings. The standard InChI is InChI=1S/C22H22N4O3S2/c1-12-8-13(2)19(14(3)9-12)26(16(5)27)21-23-17(10-30-21)11-31-22-25-24-20(29-22)18-6-7-28-15(18)4/h6-10H,11H2,1-5H3. The van der Waals surface area contributed by atoms with Gasteiger partial charge in [-0.3, -0.25) is 9.69 Å². The number of nitrogens with zero attached hydrogens (tertiary/aromatic N) is 4. The topological polar surface area (TPSA) is 85.3 Å². The van der Waals surface area contributed by atoms with E-state index in [1.165, 1.54) is 28.7 Å². The summed E-state index contributed by atoms with van der Waals surface area (Å²) in [6.45, 7) is 9.50. The Morgan fingerprint density at radius 1 is 1.16 bits per heavy atom. The Hall–Kier alpha value is -2.91. The predicted molar refractivity (Wildman–Crippen MR) is 122 cm³/mol. The maximum Gasteiger partial charge on any atom is 0.277 e. The van der Waals surface area contributed by atoms with Crippen LogP contribution >= 0.6 is 23.1 Å². The monoisotopic (exact) mass is 454 g/mol. The van der Waals surface area contributed by atoms with E-state index in [2.05, 4.69) is 29.3 Å². The number of thioether (sulfide) groups is 1. The summed E-state index contributed by atoms with van der Waals surface area (Å²) >= 11 is 2.85. The van der Waals surface area contributed by atoms with Crippen molar-refractivity contribution in [1.29, 1.82) is 0 Å². The Morgan fingerprint density at radius 3 is 2.55 bits per heavy atom. The van der Waals surface area contributed by atoms with Gasteiger partial charge < -0.3 is 8.83 Å². The number of aryl methyl sites for hydroxylation is 4. The van der Waals surface area contributed by atoms with Crippen LogP contribution in [0.3, 0.4) is 0 Å². The van der Waals surface area contributed by atoms with Crippen molar-refractivity contribution in [3.8, 4) is 11.5 Å². The van der Waals surface area contributed by atoms with Crippen LogP contribution < -0.4 is 4.90 Å². The largest absolute Gasteiger partial charge is 0.469 e. The molecule has 0 aliphatic carbocycles. The fraction of sp³-hybridized carbons (Fsp3) is 0.273. The summed E-state index contributed by atoms with van der Waals surface area (Å²) < 4.78 is 11.0. The molecule has 4 rings (SSSR count). The smallest absolute Gasteiger partial charge is 0.277 e. The van der Waals surface area contributed by atoms with Crippen LogP contribution in [0.25, 0.3) is 11.5 Å². The Morgan fingerprint density at radius 2 is 1.90 bits per heavy atom. The van der Waals surface area contributed by atoms with Gasteiger partial charge in [0.05, 0.1) is 23.2 Å². The van der Waals surface area contributed by atoms with Gasteiger partial charge in [0.25, 0.3) is 11.1 Å². The summed E-state index contributed by atoms with van der Waals surface area (Å²) in [5, 5.41) is 11.2. The first kappa shape index (κ1) is 21.3. The van der Waals surface area contributed by atoms with Gasteiger partial charge >= 0.3 is 0 Å². The number of hydrogen-bond donors (Lipinski definition) is 0. The maximum atomic E-state index is 12.5. The summed E-state index contributed by atoms with van der Waals surface area (Å²) in [6.07, 6.45) is 1.59. The molecular weight excluding hydrogens is 432 g/mol. The summed E-state index contributed by atoms with van der Waals surface area (Å²) in [5.74, 6) is 1.65. The molecule has 3 aromatic heterocycles. The lowest BCUT2D eigenvalue weighted by Crippen LogP contribution is -2.24. The normalized spacial score (nSPS) is 11.1. The molecule has 9 heteroatoms. The molecule has 1 amide bonds. The van der Waals surface area contributed by atoms with Crippen molar-refractivity contribution in [2.45, 2.75) is 45.6 Å². The quantitative estimate of drug-likeness (QED) is 0.330. The van der Waals surface area contributed by atoms with Crippen molar-refractivity contribution in [3.05, 3.63) is 58.0 Å². The minimum atomic E-state index is -0.0689. The number of hydrogen-bond acceptors (Lipinski definition) is 8. The number of anilines is 2. The summed E-state index contributed by atoms with van der Waals surface area (Å²) in [6, 6.07) is 5.96. The molecule has 0 radical (unpaired) electrons. The first-order chi connectivity index (χ1) is 14.8. The van der Waals surface area contributed by atoms with E-state index in [0.717, 1.165) is 33.8 Å². The van der Waals surface area contributed by atoms with E-state index in [1.807, 2.05) is 26.2 Å². The number of benzene rings is 1. The molecule has 0 bridgehead atoms. The van der Waals surface area contributed by atoms with E-state index in [4.69, 9.17) is 13.8 Å². The maximum absolute atomic E-state index is 12.5. The van der Waals surface area contributed by atoms with E-state index in [-0.39, 0.29) is 5.91 Å². The van der Waals surface area contributed by atoms with E-state index in [9.17, 15) is 4.79 Å². The Balaban J connectivity index is 1.52. The van der Waals surface area contributed by atoms with Crippen molar-refractivity contribution in [2.24, 2.45) is 0 Å². The number of amides is 1. The fourth-order valence-electron chi connectivity index (χ4n) is 3.50. The zero-order chi connectivity index (χ0) is 22.1. The molecular formula is C22H22N4O3S2. The molecule has 0 saturated heterocycles. The zero-order valence-corrected chi connectivity index (χ0v) is 19.6. The molecule has 0 aliphatic heterocycles. The number of thiazole rings is 1. The molecule has 4 aromatic rings. The van der Waals surface area contributed by atoms with Crippen LogP contribution in [0, 0.1) is 27.7 Å². The average molecular weight is 455 g/mol. The molecule has 0 fully saturated rings. The Labute approximate surface area is 188 Å².